The number of halogens is 4. The van der Waals surface area contributed by atoms with Crippen LogP contribution in [0.5, 0.6) is 0 Å². The number of hydrogen-bond acceptors (Lipinski definition) is 8. The summed E-state index contributed by atoms with van der Waals surface area (Å²) in [6.45, 7) is 0. The van der Waals surface area contributed by atoms with Gasteiger partial charge in [-0.05, 0) is 143 Å². The fourth-order valence-corrected chi connectivity index (χ4v) is 15.3. The van der Waals surface area contributed by atoms with Crippen LogP contribution >= 0.6 is 16.3 Å². The predicted molar refractivity (Wildman–Crippen MR) is 322 cm³/mol. The Morgan fingerprint density at radius 1 is 0.362 bits per heavy atom. The summed E-state index contributed by atoms with van der Waals surface area (Å²) in [5, 5.41) is 12.7. The SMILES string of the molecule is C[S@@](=O)(=Np1oc2ccc3ccccc3c2c2c(ccc3ccccc32)o1)c1ccccc1.C[S@@](=O)(=Np1oc2ccc3ccccc3c2c2c(ccc3ccccc32)o1)c1ccccc1.F[B-](F)(F)F.[CH]1[CH]CC[CH][CH]CC1.[Rh]. The van der Waals surface area contributed by atoms with E-state index in [4.69, 9.17) is 16.8 Å². The molecule has 12 aromatic rings. The van der Waals surface area contributed by atoms with E-state index in [1.807, 2.05) is 158 Å². The summed E-state index contributed by atoms with van der Waals surface area (Å²) >= 11 is 0. The fraction of sp³-hybridized carbons (Fsp3) is 0.0968. The largest absolute Gasteiger partial charge is 0.673 e. The minimum absolute atomic E-state index is 0. The molecule has 1 saturated carbocycles. The topological polar surface area (TPSA) is 111 Å². The Morgan fingerprint density at radius 3 is 0.838 bits per heavy atom. The molecule has 0 amide bonds. The van der Waals surface area contributed by atoms with Crippen molar-refractivity contribution < 1.29 is 61.9 Å². The molecule has 18 heteroatoms. The number of hydrogen-bond donors (Lipinski definition) is 0. The van der Waals surface area contributed by atoms with Gasteiger partial charge in [0.15, 0.2) is 0 Å². The molecule has 10 aromatic carbocycles. The number of rotatable bonds is 4. The fourth-order valence-electron chi connectivity index (χ4n) is 9.33. The molecule has 1 aliphatic rings. The molecule has 2 heterocycles. The van der Waals surface area contributed by atoms with Crippen LogP contribution in [0.25, 0.3) is 87.0 Å². The Balaban J connectivity index is 0.000000157. The molecule has 13 rings (SSSR count). The van der Waals surface area contributed by atoms with Crippen LogP contribution in [0.2, 0.25) is 0 Å². The van der Waals surface area contributed by atoms with Gasteiger partial charge in [-0.1, -0.05) is 158 Å². The van der Waals surface area contributed by atoms with E-state index in [1.165, 1.54) is 25.7 Å². The summed E-state index contributed by atoms with van der Waals surface area (Å²) in [5.41, 5.74) is 2.73. The molecule has 409 valence electrons. The van der Waals surface area contributed by atoms with Crippen LogP contribution in [0.15, 0.2) is 241 Å². The zero-order chi connectivity index (χ0) is 55.0. The average molecular weight is 1240 g/mol. The van der Waals surface area contributed by atoms with Crippen molar-refractivity contribution in [3.63, 3.8) is 0 Å². The molecule has 0 spiro atoms. The minimum Gasteiger partial charge on any atom is -0.418 e. The summed E-state index contributed by atoms with van der Waals surface area (Å²) in [4.78, 5) is 1.31. The molecule has 8 nitrogen and oxygen atoms in total. The van der Waals surface area contributed by atoms with Crippen molar-refractivity contribution >= 4 is 130 Å². The van der Waals surface area contributed by atoms with E-state index >= 15 is 0 Å². The first-order valence-corrected chi connectivity index (χ1v) is 31.4. The first-order chi connectivity index (χ1) is 38.2. The number of fused-ring (bicyclic) bond motifs is 14. The summed E-state index contributed by atoms with van der Waals surface area (Å²) in [5.74, 6) is 0. The minimum atomic E-state index is -6.00. The number of nitrogens with zero attached hydrogens (tertiary/aromatic N) is 2. The smallest absolute Gasteiger partial charge is 0.418 e. The van der Waals surface area contributed by atoms with Gasteiger partial charge in [-0.3, -0.25) is 0 Å². The third-order valence-electron chi connectivity index (χ3n) is 12.9. The monoisotopic (exact) mass is 1240 g/mol. The molecule has 0 aliphatic heterocycles. The van der Waals surface area contributed by atoms with Gasteiger partial charge in [0.1, 0.15) is 22.3 Å². The summed E-state index contributed by atoms with van der Waals surface area (Å²) in [7, 11) is -15.1. The molecule has 0 N–H and O–H groups in total. The van der Waals surface area contributed by atoms with Gasteiger partial charge in [-0.2, -0.15) is 0 Å². The van der Waals surface area contributed by atoms with Crippen molar-refractivity contribution in [2.45, 2.75) is 35.5 Å². The van der Waals surface area contributed by atoms with Crippen molar-refractivity contribution in [3.8, 4) is 0 Å². The maximum Gasteiger partial charge on any atom is 0.673 e. The van der Waals surface area contributed by atoms with Gasteiger partial charge in [-0.25, -0.2) is 8.42 Å². The zero-order valence-corrected chi connectivity index (χ0v) is 48.3. The molecule has 2 atom stereocenters. The molecule has 1 aliphatic carbocycles. The zero-order valence-electron chi connectivity index (χ0n) is 43.2. The normalized spacial score (nSPS) is 14.2. The maximum absolute atomic E-state index is 13.5. The molecule has 0 saturated heterocycles. The molecule has 0 unspecified atom stereocenters. The van der Waals surface area contributed by atoms with Gasteiger partial charge in [-0.15, -0.1) is 8.27 Å². The first kappa shape index (κ1) is 58.0. The average Bonchev–Trinajstić information content (AvgIpc) is 3.74. The van der Waals surface area contributed by atoms with Crippen LogP contribution < -0.4 is 0 Å². The van der Waals surface area contributed by atoms with Crippen LogP contribution in [0, 0.1) is 25.7 Å². The van der Waals surface area contributed by atoms with Crippen molar-refractivity contribution in [3.05, 3.63) is 232 Å². The Morgan fingerprint density at radius 2 is 0.588 bits per heavy atom. The second-order valence-electron chi connectivity index (χ2n) is 18.5. The van der Waals surface area contributed by atoms with Crippen LogP contribution in [-0.2, 0) is 38.9 Å². The van der Waals surface area contributed by atoms with E-state index in [0.29, 0.717) is 32.1 Å². The summed E-state index contributed by atoms with van der Waals surface area (Å²) < 4.78 is 101. The van der Waals surface area contributed by atoms with Crippen LogP contribution in [0.1, 0.15) is 25.7 Å². The van der Waals surface area contributed by atoms with Crippen molar-refractivity contribution in [2.75, 3.05) is 12.5 Å². The van der Waals surface area contributed by atoms with Gasteiger partial charge in [0.25, 0.3) is 0 Å². The van der Waals surface area contributed by atoms with E-state index in [1.54, 1.807) is 12.5 Å². The third-order valence-corrected chi connectivity index (χ3v) is 20.2. The summed E-state index contributed by atoms with van der Waals surface area (Å²) in [6, 6.07) is 67.5. The van der Waals surface area contributed by atoms with Gasteiger partial charge in [0.05, 0.1) is 19.5 Å². The van der Waals surface area contributed by atoms with E-state index in [9.17, 15) is 25.7 Å². The van der Waals surface area contributed by atoms with Gasteiger partial charge < -0.3 is 34.0 Å². The molecule has 5 radical (unpaired) electrons. The maximum atomic E-state index is 13.5. The first-order valence-electron chi connectivity index (χ1n) is 25.3. The quantitative estimate of drug-likeness (QED) is 0.128. The van der Waals surface area contributed by atoms with Crippen LogP contribution in [0.3, 0.4) is 0 Å². The number of benzene rings is 10. The molecular formula is C62H52BF4N2O6P2RhS2-. The van der Waals surface area contributed by atoms with E-state index in [0.717, 1.165) is 64.6 Å². The predicted octanol–water partition coefficient (Wildman–Crippen LogP) is 20.7. The van der Waals surface area contributed by atoms with E-state index in [-0.39, 0.29) is 19.5 Å². The van der Waals surface area contributed by atoms with Crippen molar-refractivity contribution in [2.24, 2.45) is 8.27 Å². The standard InChI is InChI=1S/2C27H20NO3PS.C8H12.BF4.Rh/c2*1-33(29,21-11-3-2-4-12-21)28-32-30-24-17-15-19-9-5-7-13-22(19)26(24)27-23-14-8-6-10-20(23)16-18-25(27)31-32;1-2-4-6-8-7-5-3-1;2-1(3,4)5;/h2*2-18H,1H3;1-2,7-8H,3-6H2;;/q;;;-1;/t2*33-;;;/m00.../s1. The van der Waals surface area contributed by atoms with E-state index in [2.05, 4.69) is 82.5 Å². The second-order valence-corrected chi connectivity index (χ2v) is 25.6. The van der Waals surface area contributed by atoms with Crippen LogP contribution in [0.4, 0.5) is 17.3 Å². The van der Waals surface area contributed by atoms with E-state index < -0.39 is 43.0 Å². The van der Waals surface area contributed by atoms with Gasteiger partial charge in [0, 0.05) is 63.3 Å². The van der Waals surface area contributed by atoms with Crippen molar-refractivity contribution in [1.29, 1.82) is 0 Å². The van der Waals surface area contributed by atoms with Gasteiger partial charge >= 0.3 is 23.6 Å². The molecule has 2 aromatic heterocycles. The summed E-state index contributed by atoms with van der Waals surface area (Å²) in [6.07, 6.45) is 17.3. The van der Waals surface area contributed by atoms with Crippen LogP contribution in [-0.4, -0.2) is 28.2 Å². The molecule has 1 fully saturated rings. The molecular weight excluding hydrogens is 1180 g/mol. The molecule has 80 heavy (non-hydrogen) atoms. The Labute approximate surface area is 477 Å². The van der Waals surface area contributed by atoms with Crippen molar-refractivity contribution in [1.82, 2.24) is 0 Å². The van der Waals surface area contributed by atoms with Gasteiger partial charge in [0.2, 0.25) is 0 Å². The Bertz CT molecular complexity index is 4020. The third kappa shape index (κ3) is 13.9. The Kier molecular flexibility index (Phi) is 18.8. The molecule has 0 bridgehead atoms. The second kappa shape index (κ2) is 25.9. The Hall–Kier alpha value is -6.65.